The monoisotopic (exact) mass is 308 g/mol. The lowest BCUT2D eigenvalue weighted by molar-refractivity contribution is 0.0835. The Hall–Kier alpha value is -2.13. The molecule has 1 saturated heterocycles. The first-order valence-corrected chi connectivity index (χ1v) is 8.29. The lowest BCUT2D eigenvalue weighted by atomic mass is 9.88. The number of hydrogen-bond donors (Lipinski definition) is 1. The van der Waals surface area contributed by atoms with Crippen LogP contribution < -0.4 is 5.73 Å². The van der Waals surface area contributed by atoms with Crippen molar-refractivity contribution in [1.82, 2.24) is 4.90 Å². The van der Waals surface area contributed by atoms with Crippen molar-refractivity contribution in [2.24, 2.45) is 5.92 Å². The number of nitrogen functional groups attached to an aromatic ring is 1. The van der Waals surface area contributed by atoms with Crippen molar-refractivity contribution in [3.8, 4) is 0 Å². The Kier molecular flexibility index (Phi) is 4.77. The molecule has 23 heavy (non-hydrogen) atoms. The third-order valence-corrected chi connectivity index (χ3v) is 4.65. The van der Waals surface area contributed by atoms with Crippen molar-refractivity contribution in [3.05, 3.63) is 65.2 Å². The van der Waals surface area contributed by atoms with Gasteiger partial charge in [-0.2, -0.15) is 0 Å². The van der Waals surface area contributed by atoms with E-state index in [2.05, 4.69) is 11.0 Å². The smallest absolute Gasteiger partial charge is 0.166 e. The first-order valence-electron chi connectivity index (χ1n) is 8.29. The summed E-state index contributed by atoms with van der Waals surface area (Å²) in [4.78, 5) is 15.0. The van der Waals surface area contributed by atoms with Gasteiger partial charge in [-0.15, -0.1) is 0 Å². The van der Waals surface area contributed by atoms with E-state index in [1.165, 1.54) is 11.1 Å². The number of nitrogens with zero attached hydrogens (tertiary/aromatic N) is 1. The first-order chi connectivity index (χ1) is 11.1. The first kappa shape index (κ1) is 15.8. The van der Waals surface area contributed by atoms with Crippen molar-refractivity contribution in [3.63, 3.8) is 0 Å². The normalized spacial score (nSPS) is 16.4. The van der Waals surface area contributed by atoms with E-state index in [1.807, 2.05) is 49.4 Å². The highest BCUT2D eigenvalue weighted by atomic mass is 16.1. The Morgan fingerprint density at radius 3 is 2.48 bits per heavy atom. The third kappa shape index (κ3) is 3.99. The number of hydrogen-bond acceptors (Lipinski definition) is 3. The van der Waals surface area contributed by atoms with Crippen molar-refractivity contribution >= 4 is 11.5 Å². The average molecular weight is 308 g/mol. The van der Waals surface area contributed by atoms with Gasteiger partial charge in [-0.05, 0) is 50.6 Å². The minimum absolute atomic E-state index is 0.162. The fourth-order valence-corrected chi connectivity index (χ4v) is 3.26. The zero-order valence-electron chi connectivity index (χ0n) is 13.7. The van der Waals surface area contributed by atoms with Crippen LogP contribution in [0.5, 0.6) is 0 Å². The predicted molar refractivity (Wildman–Crippen MR) is 94.4 cm³/mol. The Balaban J connectivity index is 1.55. The molecule has 120 valence electrons. The standard InChI is InChI=1S/C20H24N2O/c1-15-5-7-17(8-6-15)20(23)18-9-11-22(12-10-18)14-16-3-2-4-19(21)13-16/h2-8,13,18H,9-12,14,21H2,1H3. The zero-order chi connectivity index (χ0) is 16.2. The molecule has 0 bridgehead atoms. The van der Waals surface area contributed by atoms with E-state index >= 15 is 0 Å². The molecule has 3 rings (SSSR count). The molecule has 0 saturated carbocycles. The molecule has 1 fully saturated rings. The van der Waals surface area contributed by atoms with Gasteiger partial charge in [-0.1, -0.05) is 42.0 Å². The van der Waals surface area contributed by atoms with Crippen LogP contribution in [0.25, 0.3) is 0 Å². The Morgan fingerprint density at radius 1 is 1.13 bits per heavy atom. The molecule has 3 heteroatoms. The number of carbonyl (C=O) groups is 1. The third-order valence-electron chi connectivity index (χ3n) is 4.65. The molecule has 1 aliphatic heterocycles. The zero-order valence-corrected chi connectivity index (χ0v) is 13.7. The van der Waals surface area contributed by atoms with Crippen LogP contribution in [0.3, 0.4) is 0 Å². The van der Waals surface area contributed by atoms with Crippen LogP contribution >= 0.6 is 0 Å². The van der Waals surface area contributed by atoms with Crippen LogP contribution in [-0.2, 0) is 6.54 Å². The maximum absolute atomic E-state index is 12.6. The molecule has 2 N–H and O–H groups in total. The quantitative estimate of drug-likeness (QED) is 0.692. The van der Waals surface area contributed by atoms with Gasteiger partial charge in [-0.3, -0.25) is 9.69 Å². The number of likely N-dealkylation sites (tertiary alicyclic amines) is 1. The number of ketones is 1. The van der Waals surface area contributed by atoms with Crippen LogP contribution in [0, 0.1) is 12.8 Å². The maximum atomic E-state index is 12.6. The van der Waals surface area contributed by atoms with Gasteiger partial charge < -0.3 is 5.73 Å². The number of nitrogens with two attached hydrogens (primary N) is 1. The van der Waals surface area contributed by atoms with Crippen LogP contribution in [0.2, 0.25) is 0 Å². The Morgan fingerprint density at radius 2 is 1.83 bits per heavy atom. The number of rotatable bonds is 4. The summed E-state index contributed by atoms with van der Waals surface area (Å²) in [5, 5.41) is 0. The van der Waals surface area contributed by atoms with Gasteiger partial charge in [0.2, 0.25) is 0 Å². The fraction of sp³-hybridized carbons (Fsp3) is 0.350. The van der Waals surface area contributed by atoms with E-state index in [0.29, 0.717) is 5.78 Å². The fourth-order valence-electron chi connectivity index (χ4n) is 3.26. The molecule has 1 aliphatic rings. The second kappa shape index (κ2) is 6.97. The molecule has 0 aromatic heterocycles. The molecule has 0 radical (unpaired) electrons. The molecule has 2 aromatic rings. The predicted octanol–water partition coefficient (Wildman–Crippen LogP) is 3.67. The van der Waals surface area contributed by atoms with Crippen LogP contribution in [0.4, 0.5) is 5.69 Å². The van der Waals surface area contributed by atoms with Crippen molar-refractivity contribution in [1.29, 1.82) is 0 Å². The molecule has 0 amide bonds. The molecule has 0 spiro atoms. The average Bonchev–Trinajstić information content (AvgIpc) is 2.56. The number of Topliss-reactive ketones (excluding diaryl/α,β-unsaturated/α-hetero) is 1. The highest BCUT2D eigenvalue weighted by Crippen LogP contribution is 2.23. The van der Waals surface area contributed by atoms with E-state index < -0.39 is 0 Å². The van der Waals surface area contributed by atoms with Gasteiger partial charge in [0.15, 0.2) is 5.78 Å². The van der Waals surface area contributed by atoms with E-state index in [0.717, 1.165) is 43.7 Å². The van der Waals surface area contributed by atoms with Gasteiger partial charge in [0.05, 0.1) is 0 Å². The molecule has 1 heterocycles. The minimum Gasteiger partial charge on any atom is -0.399 e. The van der Waals surface area contributed by atoms with E-state index in [-0.39, 0.29) is 5.92 Å². The summed E-state index contributed by atoms with van der Waals surface area (Å²) in [5.74, 6) is 0.461. The topological polar surface area (TPSA) is 46.3 Å². The van der Waals surface area contributed by atoms with Gasteiger partial charge in [-0.25, -0.2) is 0 Å². The molecule has 0 aliphatic carbocycles. The second-order valence-corrected chi connectivity index (χ2v) is 6.53. The van der Waals surface area contributed by atoms with E-state index in [1.54, 1.807) is 0 Å². The molecule has 3 nitrogen and oxygen atoms in total. The van der Waals surface area contributed by atoms with E-state index in [9.17, 15) is 4.79 Å². The summed E-state index contributed by atoms with van der Waals surface area (Å²) < 4.78 is 0. The summed E-state index contributed by atoms with van der Waals surface area (Å²) in [6.45, 7) is 4.90. The highest BCUT2D eigenvalue weighted by Gasteiger charge is 2.25. The number of benzene rings is 2. The van der Waals surface area contributed by atoms with Crippen molar-refractivity contribution < 1.29 is 4.79 Å². The maximum Gasteiger partial charge on any atom is 0.166 e. The summed E-state index contributed by atoms with van der Waals surface area (Å²) in [6.07, 6.45) is 1.88. The second-order valence-electron chi connectivity index (χ2n) is 6.53. The van der Waals surface area contributed by atoms with Gasteiger partial charge in [0.25, 0.3) is 0 Å². The molecule has 0 atom stereocenters. The van der Waals surface area contributed by atoms with Gasteiger partial charge in [0.1, 0.15) is 0 Å². The van der Waals surface area contributed by atoms with Crippen LogP contribution in [0.1, 0.15) is 34.3 Å². The Labute approximate surface area is 138 Å². The van der Waals surface area contributed by atoms with E-state index in [4.69, 9.17) is 5.73 Å². The van der Waals surface area contributed by atoms with Gasteiger partial charge >= 0.3 is 0 Å². The Bertz CT molecular complexity index is 670. The summed E-state index contributed by atoms with van der Waals surface area (Å²) >= 11 is 0. The number of aryl methyl sites for hydroxylation is 1. The molecular weight excluding hydrogens is 284 g/mol. The summed E-state index contributed by atoms with van der Waals surface area (Å²) in [7, 11) is 0. The SMILES string of the molecule is Cc1ccc(C(=O)C2CCN(Cc3cccc(N)c3)CC2)cc1. The molecule has 2 aromatic carbocycles. The lowest BCUT2D eigenvalue weighted by Gasteiger charge is -2.31. The lowest BCUT2D eigenvalue weighted by Crippen LogP contribution is -2.35. The van der Waals surface area contributed by atoms with Crippen molar-refractivity contribution in [2.45, 2.75) is 26.3 Å². The molecule has 0 unspecified atom stereocenters. The summed E-state index contributed by atoms with van der Waals surface area (Å²) in [5.41, 5.74) is 9.94. The number of piperidine rings is 1. The van der Waals surface area contributed by atoms with Gasteiger partial charge in [0, 0.05) is 23.7 Å². The number of anilines is 1. The minimum atomic E-state index is 0.162. The van der Waals surface area contributed by atoms with Crippen LogP contribution in [-0.4, -0.2) is 23.8 Å². The number of carbonyl (C=O) groups excluding carboxylic acids is 1. The highest BCUT2D eigenvalue weighted by molar-refractivity contribution is 5.97. The van der Waals surface area contributed by atoms with Crippen LogP contribution in [0.15, 0.2) is 48.5 Å². The summed E-state index contributed by atoms with van der Waals surface area (Å²) in [6, 6.07) is 16.0. The molecular formula is C20H24N2O. The largest absolute Gasteiger partial charge is 0.399 e. The van der Waals surface area contributed by atoms with Crippen molar-refractivity contribution in [2.75, 3.05) is 18.8 Å².